The maximum atomic E-state index is 12.8. The zero-order valence-corrected chi connectivity index (χ0v) is 43.6. The molecule has 0 bridgehead atoms. The normalized spacial score (nSPS) is 11.9. The van der Waals surface area contributed by atoms with Crippen molar-refractivity contribution < 1.29 is 28.6 Å². The molecule has 6 heteroatoms. The summed E-state index contributed by atoms with van der Waals surface area (Å²) in [6.07, 6.45) is 59.5. The predicted molar refractivity (Wildman–Crippen MR) is 275 cm³/mol. The molecule has 0 rings (SSSR count). The Hall–Kier alpha value is -1.59. The van der Waals surface area contributed by atoms with Crippen molar-refractivity contribution in [2.45, 2.75) is 341 Å². The first-order chi connectivity index (χ1) is 31.5. The molecular weight excluding hydrogens is 793 g/mol. The fraction of sp³-hybridized carbons (Fsp3) is 0.948. The Morgan fingerprint density at radius 1 is 0.250 bits per heavy atom. The molecule has 0 aliphatic rings. The van der Waals surface area contributed by atoms with Gasteiger partial charge in [0.05, 0.1) is 0 Å². The van der Waals surface area contributed by atoms with Crippen LogP contribution in [0.5, 0.6) is 0 Å². The molecule has 0 radical (unpaired) electrons. The summed E-state index contributed by atoms with van der Waals surface area (Å²) in [4.78, 5) is 38.1. The zero-order chi connectivity index (χ0) is 46.5. The molecule has 0 spiro atoms. The maximum Gasteiger partial charge on any atom is 0.306 e. The first kappa shape index (κ1) is 62.4. The summed E-state index contributed by atoms with van der Waals surface area (Å²) >= 11 is 0. The Balaban J connectivity index is 4.24. The monoisotopic (exact) mass is 905 g/mol. The lowest BCUT2D eigenvalue weighted by Gasteiger charge is -2.18. The van der Waals surface area contributed by atoms with Gasteiger partial charge in [-0.3, -0.25) is 14.4 Å². The van der Waals surface area contributed by atoms with Crippen LogP contribution < -0.4 is 0 Å². The first-order valence-electron chi connectivity index (χ1n) is 29.0. The third-order valence-corrected chi connectivity index (χ3v) is 13.4. The molecule has 6 nitrogen and oxygen atoms in total. The lowest BCUT2D eigenvalue weighted by Crippen LogP contribution is -2.30. The van der Waals surface area contributed by atoms with Crippen molar-refractivity contribution in [2.75, 3.05) is 13.2 Å². The Morgan fingerprint density at radius 2 is 0.422 bits per heavy atom. The van der Waals surface area contributed by atoms with E-state index in [9.17, 15) is 14.4 Å². The molecule has 0 aliphatic carbocycles. The van der Waals surface area contributed by atoms with Gasteiger partial charge < -0.3 is 14.2 Å². The smallest absolute Gasteiger partial charge is 0.306 e. The van der Waals surface area contributed by atoms with E-state index < -0.39 is 6.10 Å². The second kappa shape index (κ2) is 54.0. The van der Waals surface area contributed by atoms with Gasteiger partial charge >= 0.3 is 17.9 Å². The molecule has 0 N–H and O–H groups in total. The van der Waals surface area contributed by atoms with Gasteiger partial charge in [-0.05, 0) is 19.3 Å². The second-order valence-electron chi connectivity index (χ2n) is 19.9. The lowest BCUT2D eigenvalue weighted by molar-refractivity contribution is -0.167. The van der Waals surface area contributed by atoms with Crippen LogP contribution >= 0.6 is 0 Å². The number of ether oxygens (including phenoxy) is 3. The number of unbranched alkanes of at least 4 members (excludes halogenated alkanes) is 43. The van der Waals surface area contributed by atoms with E-state index in [1.54, 1.807) is 0 Å². The van der Waals surface area contributed by atoms with E-state index in [0.717, 1.165) is 57.8 Å². The van der Waals surface area contributed by atoms with E-state index in [4.69, 9.17) is 14.2 Å². The molecule has 380 valence electrons. The summed E-state index contributed by atoms with van der Waals surface area (Å²) in [5.41, 5.74) is 0. The molecule has 0 aromatic rings. The van der Waals surface area contributed by atoms with Gasteiger partial charge in [-0.15, -0.1) is 0 Å². The number of hydrogen-bond donors (Lipinski definition) is 0. The van der Waals surface area contributed by atoms with E-state index in [1.807, 2.05) is 0 Å². The van der Waals surface area contributed by atoms with E-state index in [2.05, 4.69) is 20.8 Å². The molecule has 0 fully saturated rings. The highest BCUT2D eigenvalue weighted by Crippen LogP contribution is 2.18. The maximum absolute atomic E-state index is 12.8. The van der Waals surface area contributed by atoms with Crippen LogP contribution in [0.2, 0.25) is 0 Å². The fourth-order valence-electron chi connectivity index (χ4n) is 8.98. The van der Waals surface area contributed by atoms with Crippen LogP contribution in [0.3, 0.4) is 0 Å². The highest BCUT2D eigenvalue weighted by molar-refractivity contribution is 5.71. The number of carbonyl (C=O) groups is 3. The van der Waals surface area contributed by atoms with E-state index in [1.165, 1.54) is 238 Å². The zero-order valence-electron chi connectivity index (χ0n) is 43.6. The summed E-state index contributed by atoms with van der Waals surface area (Å²) in [5, 5.41) is 0. The van der Waals surface area contributed by atoms with Crippen LogP contribution in [0.1, 0.15) is 335 Å². The SMILES string of the molecule is CCCCCCCCCCCCCCCCCCCCCC(=O)OC[C@@H](COC(=O)CCCCCCCCCCCCC)OC(=O)CCCCCCCCCCCCCCCCCC. The van der Waals surface area contributed by atoms with Crippen LogP contribution in [0.15, 0.2) is 0 Å². The number of hydrogen-bond acceptors (Lipinski definition) is 6. The number of esters is 3. The van der Waals surface area contributed by atoms with Crippen molar-refractivity contribution in [3.8, 4) is 0 Å². The Kier molecular flexibility index (Phi) is 52.7. The standard InChI is InChI=1S/C58H112O6/c1-4-7-10-13-16-19-22-24-26-28-29-30-32-33-36-39-42-45-48-51-57(60)63-54-55(53-62-56(59)50-47-44-41-38-35-21-18-15-12-9-6-3)64-58(61)52-49-46-43-40-37-34-31-27-25-23-20-17-14-11-8-5-2/h55H,4-54H2,1-3H3/t55-/m1/s1. The molecule has 0 heterocycles. The average molecular weight is 906 g/mol. The Bertz CT molecular complexity index is 951. The Labute approximate surface area is 399 Å². The summed E-state index contributed by atoms with van der Waals surface area (Å²) in [6, 6.07) is 0. The predicted octanol–water partition coefficient (Wildman–Crippen LogP) is 19.2. The minimum absolute atomic E-state index is 0.0611. The van der Waals surface area contributed by atoms with Gasteiger partial charge in [0.2, 0.25) is 0 Å². The van der Waals surface area contributed by atoms with Crippen molar-refractivity contribution in [1.29, 1.82) is 0 Å². The van der Waals surface area contributed by atoms with Crippen LogP contribution in [0.25, 0.3) is 0 Å². The van der Waals surface area contributed by atoms with Crippen LogP contribution in [0, 0.1) is 0 Å². The summed E-state index contributed by atoms with van der Waals surface area (Å²) in [6.45, 7) is 6.70. The quantitative estimate of drug-likeness (QED) is 0.0344. The van der Waals surface area contributed by atoms with Crippen molar-refractivity contribution in [2.24, 2.45) is 0 Å². The van der Waals surface area contributed by atoms with Gasteiger partial charge in [0.1, 0.15) is 13.2 Å². The van der Waals surface area contributed by atoms with Gasteiger partial charge in [-0.2, -0.15) is 0 Å². The molecule has 0 saturated carbocycles. The molecule has 0 saturated heterocycles. The van der Waals surface area contributed by atoms with Crippen molar-refractivity contribution >= 4 is 17.9 Å². The van der Waals surface area contributed by atoms with Gasteiger partial charge in [0.15, 0.2) is 6.10 Å². The topological polar surface area (TPSA) is 78.9 Å². The van der Waals surface area contributed by atoms with Crippen molar-refractivity contribution in [1.82, 2.24) is 0 Å². The van der Waals surface area contributed by atoms with Gasteiger partial charge in [-0.1, -0.05) is 297 Å². The summed E-state index contributed by atoms with van der Waals surface area (Å²) < 4.78 is 16.9. The highest BCUT2D eigenvalue weighted by atomic mass is 16.6. The molecular formula is C58H112O6. The molecule has 0 aromatic heterocycles. The minimum atomic E-state index is -0.760. The lowest BCUT2D eigenvalue weighted by atomic mass is 10.0. The molecule has 0 aromatic carbocycles. The van der Waals surface area contributed by atoms with Crippen LogP contribution in [0.4, 0.5) is 0 Å². The van der Waals surface area contributed by atoms with Crippen molar-refractivity contribution in [3.05, 3.63) is 0 Å². The van der Waals surface area contributed by atoms with E-state index in [0.29, 0.717) is 19.3 Å². The third-order valence-electron chi connectivity index (χ3n) is 13.4. The minimum Gasteiger partial charge on any atom is -0.462 e. The Morgan fingerprint density at radius 3 is 0.625 bits per heavy atom. The molecule has 1 atom stereocenters. The number of carbonyl (C=O) groups excluding carboxylic acids is 3. The third kappa shape index (κ3) is 51.4. The molecule has 0 unspecified atom stereocenters. The molecule has 64 heavy (non-hydrogen) atoms. The first-order valence-corrected chi connectivity index (χ1v) is 29.0. The fourth-order valence-corrected chi connectivity index (χ4v) is 8.98. The average Bonchev–Trinajstić information content (AvgIpc) is 3.29. The summed E-state index contributed by atoms with van der Waals surface area (Å²) in [7, 11) is 0. The van der Waals surface area contributed by atoms with Gasteiger partial charge in [0.25, 0.3) is 0 Å². The second-order valence-corrected chi connectivity index (χ2v) is 19.9. The van der Waals surface area contributed by atoms with E-state index in [-0.39, 0.29) is 31.1 Å². The van der Waals surface area contributed by atoms with E-state index >= 15 is 0 Å². The molecule has 0 amide bonds. The highest BCUT2D eigenvalue weighted by Gasteiger charge is 2.19. The van der Waals surface area contributed by atoms with Crippen molar-refractivity contribution in [3.63, 3.8) is 0 Å². The van der Waals surface area contributed by atoms with Crippen LogP contribution in [-0.2, 0) is 28.6 Å². The van der Waals surface area contributed by atoms with Gasteiger partial charge in [0, 0.05) is 19.3 Å². The largest absolute Gasteiger partial charge is 0.462 e. The number of rotatable bonds is 54. The van der Waals surface area contributed by atoms with Gasteiger partial charge in [-0.25, -0.2) is 0 Å². The van der Waals surface area contributed by atoms with Crippen LogP contribution in [-0.4, -0.2) is 37.2 Å². The molecule has 0 aliphatic heterocycles. The summed E-state index contributed by atoms with van der Waals surface area (Å²) in [5.74, 6) is -0.833.